The summed E-state index contributed by atoms with van der Waals surface area (Å²) in [6, 6.07) is 10.5. The van der Waals surface area contributed by atoms with Crippen LogP contribution in [0.15, 0.2) is 36.4 Å². The molecule has 0 atom stereocenters. The van der Waals surface area contributed by atoms with Gasteiger partial charge in [0.05, 0.1) is 13.7 Å². The summed E-state index contributed by atoms with van der Waals surface area (Å²) in [5.41, 5.74) is 1.13. The van der Waals surface area contributed by atoms with Gasteiger partial charge in [-0.15, -0.1) is 0 Å². The smallest absolute Gasteiger partial charge is 0.255 e. The van der Waals surface area contributed by atoms with Crippen LogP contribution < -0.4 is 24.3 Å². The van der Waals surface area contributed by atoms with E-state index in [0.717, 1.165) is 12.8 Å². The molecule has 2 aromatic rings. The van der Waals surface area contributed by atoms with Gasteiger partial charge in [-0.3, -0.25) is 4.79 Å². The first kappa shape index (κ1) is 18.9. The molecule has 0 bridgehead atoms. The molecule has 0 aliphatic carbocycles. The Hall–Kier alpha value is -2.89. The number of nitrogens with one attached hydrogen (secondary N) is 1. The van der Waals surface area contributed by atoms with E-state index < -0.39 is 0 Å². The number of benzene rings is 2. The largest absolute Gasteiger partial charge is 0.493 e. The molecular formula is C21H25NO5. The van der Waals surface area contributed by atoms with Gasteiger partial charge in [0, 0.05) is 17.3 Å². The van der Waals surface area contributed by atoms with Crippen molar-refractivity contribution in [2.24, 2.45) is 0 Å². The summed E-state index contributed by atoms with van der Waals surface area (Å²) in [5, 5.41) is 2.85. The lowest BCUT2D eigenvalue weighted by atomic mass is 10.1. The van der Waals surface area contributed by atoms with Gasteiger partial charge in [-0.1, -0.05) is 26.2 Å². The number of amides is 1. The van der Waals surface area contributed by atoms with Crippen molar-refractivity contribution in [1.29, 1.82) is 0 Å². The molecular weight excluding hydrogens is 346 g/mol. The molecule has 0 saturated heterocycles. The number of fused-ring (bicyclic) bond motifs is 1. The molecule has 0 aromatic heterocycles. The van der Waals surface area contributed by atoms with Gasteiger partial charge in [-0.25, -0.2) is 0 Å². The normalized spacial score (nSPS) is 11.9. The lowest BCUT2D eigenvalue weighted by molar-refractivity contribution is 0.102. The van der Waals surface area contributed by atoms with Gasteiger partial charge < -0.3 is 24.3 Å². The number of methoxy groups -OCH3 is 1. The quantitative estimate of drug-likeness (QED) is 0.651. The third-order valence-corrected chi connectivity index (χ3v) is 4.31. The zero-order chi connectivity index (χ0) is 19.1. The van der Waals surface area contributed by atoms with E-state index in [-0.39, 0.29) is 12.7 Å². The monoisotopic (exact) mass is 371 g/mol. The van der Waals surface area contributed by atoms with Crippen molar-refractivity contribution in [3.63, 3.8) is 0 Å². The van der Waals surface area contributed by atoms with Crippen molar-refractivity contribution in [3.05, 3.63) is 42.0 Å². The second-order valence-electron chi connectivity index (χ2n) is 6.30. The minimum atomic E-state index is -0.235. The molecule has 27 heavy (non-hydrogen) atoms. The van der Waals surface area contributed by atoms with Crippen molar-refractivity contribution in [2.75, 3.05) is 25.8 Å². The summed E-state index contributed by atoms with van der Waals surface area (Å²) < 4.78 is 21.8. The van der Waals surface area contributed by atoms with Crippen LogP contribution in [-0.2, 0) is 0 Å². The van der Waals surface area contributed by atoms with E-state index in [0.29, 0.717) is 40.9 Å². The van der Waals surface area contributed by atoms with E-state index in [2.05, 4.69) is 12.2 Å². The zero-order valence-electron chi connectivity index (χ0n) is 15.7. The van der Waals surface area contributed by atoms with Crippen LogP contribution >= 0.6 is 0 Å². The van der Waals surface area contributed by atoms with E-state index in [1.807, 2.05) is 0 Å². The summed E-state index contributed by atoms with van der Waals surface area (Å²) in [5.74, 6) is 2.26. The minimum Gasteiger partial charge on any atom is -0.493 e. The second-order valence-corrected chi connectivity index (χ2v) is 6.30. The molecule has 0 unspecified atom stereocenters. The molecule has 0 fully saturated rings. The van der Waals surface area contributed by atoms with E-state index in [1.54, 1.807) is 43.5 Å². The maximum absolute atomic E-state index is 12.5. The van der Waals surface area contributed by atoms with Crippen LogP contribution in [-0.4, -0.2) is 26.4 Å². The summed E-state index contributed by atoms with van der Waals surface area (Å²) in [7, 11) is 1.57. The first-order valence-electron chi connectivity index (χ1n) is 9.23. The molecule has 0 spiro atoms. The fraction of sp³-hybridized carbons (Fsp3) is 0.381. The summed E-state index contributed by atoms with van der Waals surface area (Å²) >= 11 is 0. The van der Waals surface area contributed by atoms with Crippen LogP contribution in [0.4, 0.5) is 5.69 Å². The van der Waals surface area contributed by atoms with E-state index in [4.69, 9.17) is 18.9 Å². The van der Waals surface area contributed by atoms with Gasteiger partial charge in [0.15, 0.2) is 23.0 Å². The molecule has 1 amide bonds. The Balaban J connectivity index is 1.62. The van der Waals surface area contributed by atoms with Crippen molar-refractivity contribution in [1.82, 2.24) is 0 Å². The Morgan fingerprint density at radius 3 is 2.70 bits per heavy atom. The fourth-order valence-electron chi connectivity index (χ4n) is 2.82. The van der Waals surface area contributed by atoms with Crippen LogP contribution in [0.25, 0.3) is 0 Å². The number of unbranched alkanes of at least 4 members (excludes halogenated alkanes) is 3. The van der Waals surface area contributed by atoms with Crippen molar-refractivity contribution in [3.8, 4) is 23.0 Å². The molecule has 1 N–H and O–H groups in total. The first-order valence-corrected chi connectivity index (χ1v) is 9.23. The average molecular weight is 371 g/mol. The lowest BCUT2D eigenvalue weighted by Crippen LogP contribution is -2.12. The third kappa shape index (κ3) is 4.84. The van der Waals surface area contributed by atoms with Crippen LogP contribution in [0.1, 0.15) is 43.0 Å². The van der Waals surface area contributed by atoms with Gasteiger partial charge in [-0.05, 0) is 36.8 Å². The fourth-order valence-corrected chi connectivity index (χ4v) is 2.82. The average Bonchev–Trinajstić information content (AvgIpc) is 3.15. The number of carbonyl (C=O) groups is 1. The van der Waals surface area contributed by atoms with Gasteiger partial charge >= 0.3 is 0 Å². The standard InChI is InChI=1S/C21H25NO5/c1-3-4-5-6-11-25-17-9-7-15(12-19(17)24-2)21(23)22-16-8-10-18-20(13-16)27-14-26-18/h7-10,12-13H,3-6,11,14H2,1-2H3,(H,22,23). The van der Waals surface area contributed by atoms with Crippen LogP contribution in [0.5, 0.6) is 23.0 Å². The second kappa shape index (κ2) is 9.16. The van der Waals surface area contributed by atoms with Crippen LogP contribution in [0.3, 0.4) is 0 Å². The molecule has 6 nitrogen and oxygen atoms in total. The Bertz CT molecular complexity index is 790. The molecule has 2 aromatic carbocycles. The number of hydrogen-bond acceptors (Lipinski definition) is 5. The minimum absolute atomic E-state index is 0.198. The topological polar surface area (TPSA) is 66.0 Å². The molecule has 1 aliphatic heterocycles. The highest BCUT2D eigenvalue weighted by molar-refractivity contribution is 6.04. The molecule has 1 aliphatic rings. The Kier molecular flexibility index (Phi) is 6.41. The molecule has 0 saturated carbocycles. The lowest BCUT2D eigenvalue weighted by Gasteiger charge is -2.12. The summed E-state index contributed by atoms with van der Waals surface area (Å²) in [4.78, 5) is 12.5. The first-order chi connectivity index (χ1) is 13.2. The summed E-state index contributed by atoms with van der Waals surface area (Å²) in [6.45, 7) is 3.01. The van der Waals surface area contributed by atoms with Crippen molar-refractivity contribution >= 4 is 11.6 Å². The molecule has 1 heterocycles. The predicted octanol–water partition coefficient (Wildman–Crippen LogP) is 4.64. The highest BCUT2D eigenvalue weighted by atomic mass is 16.7. The van der Waals surface area contributed by atoms with Gasteiger partial charge in [-0.2, -0.15) is 0 Å². The Morgan fingerprint density at radius 1 is 1.04 bits per heavy atom. The predicted molar refractivity (Wildman–Crippen MR) is 103 cm³/mol. The van der Waals surface area contributed by atoms with Crippen LogP contribution in [0.2, 0.25) is 0 Å². The molecule has 3 rings (SSSR count). The zero-order valence-corrected chi connectivity index (χ0v) is 15.7. The molecule has 6 heteroatoms. The van der Waals surface area contributed by atoms with E-state index in [9.17, 15) is 4.79 Å². The summed E-state index contributed by atoms with van der Waals surface area (Å²) in [6.07, 6.45) is 4.55. The molecule has 144 valence electrons. The van der Waals surface area contributed by atoms with Gasteiger partial charge in [0.2, 0.25) is 6.79 Å². The Morgan fingerprint density at radius 2 is 1.89 bits per heavy atom. The number of hydrogen-bond donors (Lipinski definition) is 1. The maximum atomic E-state index is 12.5. The van der Waals surface area contributed by atoms with E-state index >= 15 is 0 Å². The SMILES string of the molecule is CCCCCCOc1ccc(C(=O)Nc2ccc3c(c2)OCO3)cc1OC. The molecule has 0 radical (unpaired) electrons. The van der Waals surface area contributed by atoms with E-state index in [1.165, 1.54) is 12.8 Å². The number of anilines is 1. The van der Waals surface area contributed by atoms with Crippen molar-refractivity contribution in [2.45, 2.75) is 32.6 Å². The van der Waals surface area contributed by atoms with Gasteiger partial charge in [0.1, 0.15) is 0 Å². The number of ether oxygens (including phenoxy) is 4. The maximum Gasteiger partial charge on any atom is 0.255 e. The third-order valence-electron chi connectivity index (χ3n) is 4.31. The highest BCUT2D eigenvalue weighted by Crippen LogP contribution is 2.34. The highest BCUT2D eigenvalue weighted by Gasteiger charge is 2.16. The number of rotatable bonds is 9. The Labute approximate surface area is 159 Å². The van der Waals surface area contributed by atoms with Crippen molar-refractivity contribution < 1.29 is 23.7 Å². The number of carbonyl (C=O) groups excluding carboxylic acids is 1. The van der Waals surface area contributed by atoms with Gasteiger partial charge in [0.25, 0.3) is 5.91 Å². The van der Waals surface area contributed by atoms with Crippen LogP contribution in [0, 0.1) is 0 Å².